The molecule has 5 rings (SSSR count). The van der Waals surface area contributed by atoms with Crippen LogP contribution in [0.25, 0.3) is 21.8 Å². The standard InChI is InChI=1S/C23H18F4N4O3/c24-16-7-6-12(15-11-31(30-20(15)16)18-5-1-2-9-33-18)22(32)14-10-17(34-23(25,26)27)21-13(19(14)28)4-3-8-29-21/h3-4,6-8,10-11,18H,1-2,5,9,28H2. The summed E-state index contributed by atoms with van der Waals surface area (Å²) in [7, 11) is 0. The van der Waals surface area contributed by atoms with Crippen LogP contribution in [-0.4, -0.2) is 33.5 Å². The summed E-state index contributed by atoms with van der Waals surface area (Å²) < 4.78 is 64.9. The van der Waals surface area contributed by atoms with E-state index in [1.165, 1.54) is 35.3 Å². The molecule has 1 aliphatic rings. The van der Waals surface area contributed by atoms with Gasteiger partial charge in [0, 0.05) is 40.9 Å². The van der Waals surface area contributed by atoms with E-state index in [0.717, 1.165) is 25.0 Å². The molecule has 1 aliphatic heterocycles. The van der Waals surface area contributed by atoms with Crippen molar-refractivity contribution < 1.29 is 31.8 Å². The Balaban J connectivity index is 1.65. The first-order valence-electron chi connectivity index (χ1n) is 10.5. The van der Waals surface area contributed by atoms with Crippen molar-refractivity contribution in [1.82, 2.24) is 14.8 Å². The number of benzene rings is 2. The lowest BCUT2D eigenvalue weighted by Gasteiger charge is -2.22. The normalized spacial score (nSPS) is 16.8. The van der Waals surface area contributed by atoms with Crippen molar-refractivity contribution in [3.05, 3.63) is 59.7 Å². The molecule has 0 amide bonds. The topological polar surface area (TPSA) is 92.3 Å². The zero-order valence-corrected chi connectivity index (χ0v) is 17.6. The molecule has 11 heteroatoms. The lowest BCUT2D eigenvalue weighted by Crippen LogP contribution is -2.18. The van der Waals surface area contributed by atoms with Crippen LogP contribution in [0.2, 0.25) is 0 Å². The number of carbonyl (C=O) groups excluding carboxylic acids is 1. The van der Waals surface area contributed by atoms with Gasteiger partial charge in [0.15, 0.2) is 17.3 Å². The van der Waals surface area contributed by atoms with Crippen LogP contribution in [0.3, 0.4) is 0 Å². The Morgan fingerprint density at radius 3 is 2.71 bits per heavy atom. The van der Waals surface area contributed by atoms with Crippen LogP contribution in [0, 0.1) is 5.82 Å². The van der Waals surface area contributed by atoms with E-state index in [-0.39, 0.29) is 38.6 Å². The van der Waals surface area contributed by atoms with Crippen LogP contribution in [0.5, 0.6) is 5.75 Å². The minimum Gasteiger partial charge on any atom is -0.403 e. The minimum atomic E-state index is -5.01. The van der Waals surface area contributed by atoms with Crippen LogP contribution in [-0.2, 0) is 4.74 Å². The average molecular weight is 474 g/mol. The van der Waals surface area contributed by atoms with Crippen LogP contribution >= 0.6 is 0 Å². The fourth-order valence-corrected chi connectivity index (χ4v) is 4.14. The number of ether oxygens (including phenoxy) is 2. The first kappa shape index (κ1) is 22.1. The van der Waals surface area contributed by atoms with Gasteiger partial charge < -0.3 is 15.2 Å². The summed E-state index contributed by atoms with van der Waals surface area (Å²) in [6, 6.07) is 6.17. The van der Waals surface area contributed by atoms with E-state index in [1.54, 1.807) is 0 Å². The van der Waals surface area contributed by atoms with Crippen molar-refractivity contribution in [2.45, 2.75) is 31.9 Å². The summed E-state index contributed by atoms with van der Waals surface area (Å²) in [4.78, 5) is 17.4. The van der Waals surface area contributed by atoms with Gasteiger partial charge in [0.2, 0.25) is 0 Å². The number of ketones is 1. The number of nitrogen functional groups attached to an aromatic ring is 1. The number of rotatable bonds is 4. The van der Waals surface area contributed by atoms with Crippen LogP contribution in [0.1, 0.15) is 41.4 Å². The van der Waals surface area contributed by atoms with E-state index >= 15 is 0 Å². The average Bonchev–Trinajstić information content (AvgIpc) is 3.27. The van der Waals surface area contributed by atoms with Gasteiger partial charge in [-0.1, -0.05) is 0 Å². The molecule has 0 spiro atoms. The Morgan fingerprint density at radius 1 is 1.15 bits per heavy atom. The summed E-state index contributed by atoms with van der Waals surface area (Å²) in [6.07, 6.45) is -0.0999. The van der Waals surface area contributed by atoms with Crippen LogP contribution in [0.15, 0.2) is 42.7 Å². The van der Waals surface area contributed by atoms with Crippen molar-refractivity contribution in [3.8, 4) is 5.75 Å². The number of pyridine rings is 1. The summed E-state index contributed by atoms with van der Waals surface area (Å²) in [6.45, 7) is 0.540. The van der Waals surface area contributed by atoms with E-state index in [1.807, 2.05) is 0 Å². The summed E-state index contributed by atoms with van der Waals surface area (Å²) in [5.41, 5.74) is 5.73. The lowest BCUT2D eigenvalue weighted by molar-refractivity contribution is -0.274. The first-order chi connectivity index (χ1) is 16.2. The van der Waals surface area contributed by atoms with Gasteiger partial charge in [-0.15, -0.1) is 13.2 Å². The first-order valence-corrected chi connectivity index (χ1v) is 10.5. The molecular formula is C23H18F4N4O3. The third-order valence-corrected chi connectivity index (χ3v) is 5.71. The molecule has 1 unspecified atom stereocenters. The van der Waals surface area contributed by atoms with E-state index in [0.29, 0.717) is 13.0 Å². The predicted octanol–water partition coefficient (Wildman–Crippen LogP) is 5.13. The van der Waals surface area contributed by atoms with Gasteiger partial charge in [0.25, 0.3) is 0 Å². The number of hydrogen-bond acceptors (Lipinski definition) is 6. The van der Waals surface area contributed by atoms with Crippen LogP contribution < -0.4 is 10.5 Å². The third-order valence-electron chi connectivity index (χ3n) is 5.71. The number of aromatic nitrogens is 3. The molecule has 1 atom stereocenters. The Morgan fingerprint density at radius 2 is 1.97 bits per heavy atom. The lowest BCUT2D eigenvalue weighted by atomic mass is 9.96. The highest BCUT2D eigenvalue weighted by Gasteiger charge is 2.33. The van der Waals surface area contributed by atoms with Crippen molar-refractivity contribution in [1.29, 1.82) is 0 Å². The quantitative estimate of drug-likeness (QED) is 0.250. The predicted molar refractivity (Wildman–Crippen MR) is 115 cm³/mol. The van der Waals surface area contributed by atoms with Gasteiger partial charge in [-0.05, 0) is 49.6 Å². The van der Waals surface area contributed by atoms with Crippen molar-refractivity contribution >= 4 is 33.3 Å². The number of nitrogens with two attached hydrogens (primary N) is 1. The number of carbonyl (C=O) groups is 1. The fourth-order valence-electron chi connectivity index (χ4n) is 4.14. The molecule has 2 aromatic carbocycles. The largest absolute Gasteiger partial charge is 0.573 e. The number of alkyl halides is 3. The SMILES string of the molecule is Nc1c(C(=O)c2ccc(F)c3nn(C4CCCCO4)cc23)cc(OC(F)(F)F)c2ncccc12. The van der Waals surface area contributed by atoms with Crippen molar-refractivity contribution in [2.75, 3.05) is 12.3 Å². The molecule has 1 saturated heterocycles. The van der Waals surface area contributed by atoms with Gasteiger partial charge in [-0.3, -0.25) is 9.78 Å². The zero-order chi connectivity index (χ0) is 24.0. The Kier molecular flexibility index (Phi) is 5.35. The van der Waals surface area contributed by atoms with E-state index in [4.69, 9.17) is 10.5 Å². The van der Waals surface area contributed by atoms with Gasteiger partial charge >= 0.3 is 6.36 Å². The van der Waals surface area contributed by atoms with Crippen molar-refractivity contribution in [2.24, 2.45) is 0 Å². The molecule has 176 valence electrons. The number of halogens is 4. The van der Waals surface area contributed by atoms with Crippen molar-refractivity contribution in [3.63, 3.8) is 0 Å². The van der Waals surface area contributed by atoms with Gasteiger partial charge in [-0.2, -0.15) is 5.10 Å². The molecule has 0 saturated carbocycles. The van der Waals surface area contributed by atoms with E-state index < -0.39 is 29.9 Å². The number of hydrogen-bond donors (Lipinski definition) is 1. The third kappa shape index (κ3) is 3.92. The molecule has 1 fully saturated rings. The minimum absolute atomic E-state index is 0.0337. The smallest absolute Gasteiger partial charge is 0.403 e. The zero-order valence-electron chi connectivity index (χ0n) is 17.6. The van der Waals surface area contributed by atoms with E-state index in [9.17, 15) is 22.4 Å². The highest BCUT2D eigenvalue weighted by atomic mass is 19.4. The van der Waals surface area contributed by atoms with E-state index in [2.05, 4.69) is 14.8 Å². The highest BCUT2D eigenvalue weighted by Crippen LogP contribution is 2.37. The maximum absolute atomic E-state index is 14.5. The van der Waals surface area contributed by atoms with Gasteiger partial charge in [0.1, 0.15) is 17.3 Å². The Bertz CT molecular complexity index is 1410. The van der Waals surface area contributed by atoms with Gasteiger partial charge in [-0.25, -0.2) is 9.07 Å². The number of fused-ring (bicyclic) bond motifs is 2. The summed E-state index contributed by atoms with van der Waals surface area (Å²) in [5, 5.41) is 4.58. The van der Waals surface area contributed by atoms with Crippen LogP contribution in [0.4, 0.5) is 23.2 Å². The second kappa shape index (κ2) is 8.24. The molecule has 3 heterocycles. The number of anilines is 1. The molecule has 0 radical (unpaired) electrons. The molecule has 0 bridgehead atoms. The molecule has 2 aromatic heterocycles. The molecule has 7 nitrogen and oxygen atoms in total. The number of nitrogens with zero attached hydrogens (tertiary/aromatic N) is 3. The second-order valence-electron chi connectivity index (χ2n) is 7.90. The monoisotopic (exact) mass is 474 g/mol. The molecule has 0 aliphatic carbocycles. The second-order valence-corrected chi connectivity index (χ2v) is 7.90. The maximum Gasteiger partial charge on any atom is 0.573 e. The van der Waals surface area contributed by atoms with Gasteiger partial charge in [0.05, 0.1) is 5.69 Å². The fraction of sp³-hybridized carbons (Fsp3) is 0.261. The Labute approximate surface area is 190 Å². The highest BCUT2D eigenvalue weighted by molar-refractivity contribution is 6.21. The molecule has 4 aromatic rings. The molecule has 2 N–H and O–H groups in total. The summed E-state index contributed by atoms with van der Waals surface area (Å²) in [5.74, 6) is -2.01. The summed E-state index contributed by atoms with van der Waals surface area (Å²) >= 11 is 0. The Hall–Kier alpha value is -3.73. The maximum atomic E-state index is 14.5. The molecule has 34 heavy (non-hydrogen) atoms. The molecular weight excluding hydrogens is 456 g/mol.